The number of para-hydroxylation sites is 2. The number of amides is 2. The van der Waals surface area contributed by atoms with Gasteiger partial charge in [0.25, 0.3) is 11.8 Å². The number of carbonyl (C=O) groups is 2. The van der Waals surface area contributed by atoms with Crippen LogP contribution in [0, 0.1) is 0 Å². The van der Waals surface area contributed by atoms with Gasteiger partial charge in [0, 0.05) is 18.1 Å². The highest BCUT2D eigenvalue weighted by Gasteiger charge is 2.13. The summed E-state index contributed by atoms with van der Waals surface area (Å²) in [5.41, 5.74) is 2.99. The number of nitrogens with one attached hydrogen (secondary N) is 2. The Morgan fingerprint density at radius 1 is 0.897 bits per heavy atom. The first-order chi connectivity index (χ1) is 14.0. The minimum Gasteiger partial charge on any atom is -0.495 e. The van der Waals surface area contributed by atoms with Gasteiger partial charge in [0.2, 0.25) is 0 Å². The monoisotopic (exact) mass is 389 g/mol. The fraction of sp³-hybridized carbons (Fsp3) is 0.174. The van der Waals surface area contributed by atoms with Crippen LogP contribution in [0.4, 0.5) is 11.4 Å². The zero-order valence-corrected chi connectivity index (χ0v) is 16.6. The van der Waals surface area contributed by atoms with Gasteiger partial charge in [-0.1, -0.05) is 38.1 Å². The number of pyridine rings is 1. The SMILES string of the molecule is COc1ccccc1NC(=O)c1cncc(C(=O)Nc2ccc(C(C)C)cc2)c1. The second kappa shape index (κ2) is 9.01. The number of hydrogen-bond acceptors (Lipinski definition) is 4. The van der Waals surface area contributed by atoms with Crippen LogP contribution in [0.1, 0.15) is 46.0 Å². The Morgan fingerprint density at radius 2 is 1.52 bits per heavy atom. The lowest BCUT2D eigenvalue weighted by molar-refractivity contribution is 0.102. The van der Waals surface area contributed by atoms with E-state index in [2.05, 4.69) is 29.5 Å². The predicted molar refractivity (Wildman–Crippen MR) is 114 cm³/mol. The highest BCUT2D eigenvalue weighted by Crippen LogP contribution is 2.24. The Hall–Kier alpha value is -3.67. The summed E-state index contributed by atoms with van der Waals surface area (Å²) in [6, 6.07) is 16.3. The topological polar surface area (TPSA) is 80.3 Å². The second-order valence-electron chi connectivity index (χ2n) is 6.85. The van der Waals surface area contributed by atoms with E-state index in [1.807, 2.05) is 30.3 Å². The zero-order valence-electron chi connectivity index (χ0n) is 16.6. The van der Waals surface area contributed by atoms with Crippen LogP contribution in [0.25, 0.3) is 0 Å². The molecule has 2 amide bonds. The molecule has 0 saturated carbocycles. The molecule has 0 aliphatic heterocycles. The smallest absolute Gasteiger partial charge is 0.257 e. The Labute approximate surface area is 169 Å². The van der Waals surface area contributed by atoms with E-state index >= 15 is 0 Å². The Bertz CT molecular complexity index is 1010. The normalized spacial score (nSPS) is 10.5. The third-order valence-electron chi connectivity index (χ3n) is 4.45. The molecular formula is C23H23N3O3. The van der Waals surface area contributed by atoms with E-state index in [9.17, 15) is 9.59 Å². The van der Waals surface area contributed by atoms with Crippen LogP contribution in [-0.4, -0.2) is 23.9 Å². The van der Waals surface area contributed by atoms with Crippen molar-refractivity contribution in [3.05, 3.63) is 83.7 Å². The van der Waals surface area contributed by atoms with Crippen molar-refractivity contribution in [1.29, 1.82) is 0 Å². The van der Waals surface area contributed by atoms with Crippen molar-refractivity contribution in [3.8, 4) is 5.75 Å². The van der Waals surface area contributed by atoms with Crippen molar-refractivity contribution in [2.45, 2.75) is 19.8 Å². The minimum atomic E-state index is -0.377. The predicted octanol–water partition coefficient (Wildman–Crippen LogP) is 4.72. The highest BCUT2D eigenvalue weighted by atomic mass is 16.5. The molecule has 0 radical (unpaired) electrons. The van der Waals surface area contributed by atoms with E-state index in [1.54, 1.807) is 18.2 Å². The number of methoxy groups -OCH3 is 1. The molecule has 6 nitrogen and oxygen atoms in total. The van der Waals surface area contributed by atoms with Gasteiger partial charge in [-0.05, 0) is 41.8 Å². The Kier molecular flexibility index (Phi) is 6.24. The molecule has 0 bridgehead atoms. The second-order valence-corrected chi connectivity index (χ2v) is 6.85. The molecule has 0 aliphatic rings. The first-order valence-electron chi connectivity index (χ1n) is 9.28. The van der Waals surface area contributed by atoms with E-state index in [1.165, 1.54) is 31.1 Å². The molecule has 0 saturated heterocycles. The number of hydrogen-bond donors (Lipinski definition) is 2. The maximum atomic E-state index is 12.6. The number of rotatable bonds is 6. The average Bonchev–Trinajstić information content (AvgIpc) is 2.74. The van der Waals surface area contributed by atoms with Gasteiger partial charge < -0.3 is 15.4 Å². The van der Waals surface area contributed by atoms with E-state index in [4.69, 9.17) is 4.74 Å². The summed E-state index contributed by atoms with van der Waals surface area (Å²) in [5, 5.41) is 5.60. The molecule has 148 valence electrons. The van der Waals surface area contributed by atoms with Crippen molar-refractivity contribution in [2.24, 2.45) is 0 Å². The third-order valence-corrected chi connectivity index (χ3v) is 4.45. The maximum absolute atomic E-state index is 12.6. The molecule has 0 aliphatic carbocycles. The van der Waals surface area contributed by atoms with Crippen molar-refractivity contribution in [2.75, 3.05) is 17.7 Å². The fourth-order valence-electron chi connectivity index (χ4n) is 2.79. The van der Waals surface area contributed by atoms with Gasteiger partial charge in [-0.2, -0.15) is 0 Å². The number of carbonyl (C=O) groups excluding carboxylic acids is 2. The van der Waals surface area contributed by atoms with E-state index in [0.717, 1.165) is 0 Å². The quantitative estimate of drug-likeness (QED) is 0.639. The van der Waals surface area contributed by atoms with Crippen LogP contribution >= 0.6 is 0 Å². The lowest BCUT2D eigenvalue weighted by Crippen LogP contribution is -2.16. The van der Waals surface area contributed by atoms with Crippen LogP contribution in [0.3, 0.4) is 0 Å². The number of anilines is 2. The van der Waals surface area contributed by atoms with Gasteiger partial charge in [-0.15, -0.1) is 0 Å². The molecule has 1 heterocycles. The summed E-state index contributed by atoms with van der Waals surface area (Å²) in [6.45, 7) is 4.22. The molecule has 2 N–H and O–H groups in total. The first kappa shape index (κ1) is 20.1. The van der Waals surface area contributed by atoms with Gasteiger partial charge in [0.15, 0.2) is 0 Å². The van der Waals surface area contributed by atoms with Crippen molar-refractivity contribution in [3.63, 3.8) is 0 Å². The fourth-order valence-corrected chi connectivity index (χ4v) is 2.79. The Morgan fingerprint density at radius 3 is 2.14 bits per heavy atom. The molecule has 0 unspecified atom stereocenters. The van der Waals surface area contributed by atoms with Crippen molar-refractivity contribution >= 4 is 23.2 Å². The number of benzene rings is 2. The summed E-state index contributed by atoms with van der Waals surface area (Å²) >= 11 is 0. The molecule has 0 fully saturated rings. The summed E-state index contributed by atoms with van der Waals surface area (Å²) in [6.07, 6.45) is 2.84. The van der Waals surface area contributed by atoms with Gasteiger partial charge >= 0.3 is 0 Å². The summed E-state index contributed by atoms with van der Waals surface area (Å²) in [7, 11) is 1.53. The molecule has 6 heteroatoms. The molecule has 0 spiro atoms. The van der Waals surface area contributed by atoms with Crippen LogP contribution in [-0.2, 0) is 0 Å². The molecule has 0 atom stereocenters. The number of aromatic nitrogens is 1. The largest absolute Gasteiger partial charge is 0.495 e. The van der Waals surface area contributed by atoms with Crippen molar-refractivity contribution < 1.29 is 14.3 Å². The molecular weight excluding hydrogens is 366 g/mol. The van der Waals surface area contributed by atoms with Crippen LogP contribution in [0.5, 0.6) is 5.75 Å². The van der Waals surface area contributed by atoms with Crippen LogP contribution in [0.15, 0.2) is 67.0 Å². The lowest BCUT2D eigenvalue weighted by atomic mass is 10.0. The standard InChI is InChI=1S/C23H23N3O3/c1-15(2)16-8-10-19(11-9-16)25-22(27)17-12-18(14-24-13-17)23(28)26-20-6-4-5-7-21(20)29-3/h4-15H,1-3H3,(H,25,27)(H,26,28). The lowest BCUT2D eigenvalue weighted by Gasteiger charge is -2.11. The van der Waals surface area contributed by atoms with E-state index in [-0.39, 0.29) is 17.4 Å². The van der Waals surface area contributed by atoms with Gasteiger partial charge in [-0.25, -0.2) is 0 Å². The molecule has 29 heavy (non-hydrogen) atoms. The van der Waals surface area contributed by atoms with E-state index < -0.39 is 0 Å². The van der Waals surface area contributed by atoms with Gasteiger partial charge in [0.1, 0.15) is 5.75 Å². The summed E-state index contributed by atoms with van der Waals surface area (Å²) < 4.78 is 5.24. The minimum absolute atomic E-state index is 0.277. The highest BCUT2D eigenvalue weighted by molar-refractivity contribution is 6.08. The maximum Gasteiger partial charge on any atom is 0.257 e. The van der Waals surface area contributed by atoms with Gasteiger partial charge in [-0.3, -0.25) is 14.6 Å². The summed E-state index contributed by atoms with van der Waals surface area (Å²) in [4.78, 5) is 29.2. The van der Waals surface area contributed by atoms with E-state index in [0.29, 0.717) is 28.6 Å². The molecule has 2 aromatic carbocycles. The zero-order chi connectivity index (χ0) is 20.8. The van der Waals surface area contributed by atoms with Crippen LogP contribution < -0.4 is 15.4 Å². The molecule has 3 rings (SSSR count). The molecule has 3 aromatic rings. The molecule has 1 aromatic heterocycles. The number of nitrogens with zero attached hydrogens (tertiary/aromatic N) is 1. The third kappa shape index (κ3) is 4.99. The Balaban J connectivity index is 1.72. The van der Waals surface area contributed by atoms with Crippen molar-refractivity contribution in [1.82, 2.24) is 4.98 Å². The van der Waals surface area contributed by atoms with Crippen LogP contribution in [0.2, 0.25) is 0 Å². The average molecular weight is 389 g/mol. The summed E-state index contributed by atoms with van der Waals surface area (Å²) in [5.74, 6) is 0.259. The first-order valence-corrected chi connectivity index (χ1v) is 9.28. The van der Waals surface area contributed by atoms with Gasteiger partial charge in [0.05, 0.1) is 23.9 Å². The number of ether oxygens (including phenoxy) is 1.